The molecule has 0 fully saturated rings. The number of ether oxygens (including phenoxy) is 1. The Labute approximate surface area is 116 Å². The van der Waals surface area contributed by atoms with Crippen LogP contribution in [0.4, 0.5) is 19.6 Å². The van der Waals surface area contributed by atoms with Crippen LogP contribution in [0.15, 0.2) is 18.2 Å². The summed E-state index contributed by atoms with van der Waals surface area (Å²) in [5.41, 5.74) is 0.292. The average molecular weight is 305 g/mol. The SMILES string of the molecule is COC(=O)c1sc(Nc2ccc(F)c(F)c2)nc1Cl. The van der Waals surface area contributed by atoms with Gasteiger partial charge in [-0.25, -0.2) is 18.6 Å². The third-order valence-corrected chi connectivity index (χ3v) is 3.46. The number of thiazole rings is 1. The number of anilines is 2. The second-order valence-corrected chi connectivity index (χ2v) is 4.74. The molecule has 0 saturated carbocycles. The minimum absolute atomic E-state index is 0.0121. The molecule has 0 amide bonds. The van der Waals surface area contributed by atoms with Gasteiger partial charge in [0, 0.05) is 11.8 Å². The normalized spacial score (nSPS) is 10.3. The van der Waals surface area contributed by atoms with Crippen molar-refractivity contribution >= 4 is 39.7 Å². The zero-order chi connectivity index (χ0) is 14.0. The minimum atomic E-state index is -0.985. The fourth-order valence-electron chi connectivity index (χ4n) is 1.27. The van der Waals surface area contributed by atoms with E-state index in [9.17, 15) is 13.6 Å². The van der Waals surface area contributed by atoms with Gasteiger partial charge in [-0.3, -0.25) is 0 Å². The fourth-order valence-corrected chi connectivity index (χ4v) is 2.39. The van der Waals surface area contributed by atoms with E-state index in [-0.39, 0.29) is 15.2 Å². The molecular formula is C11H7ClF2N2O2S. The van der Waals surface area contributed by atoms with Gasteiger partial charge in [-0.1, -0.05) is 22.9 Å². The van der Waals surface area contributed by atoms with Crippen LogP contribution in [-0.4, -0.2) is 18.1 Å². The predicted octanol–water partition coefficient (Wildman–Crippen LogP) is 3.60. The highest BCUT2D eigenvalue weighted by Crippen LogP contribution is 2.30. The van der Waals surface area contributed by atoms with Gasteiger partial charge >= 0.3 is 5.97 Å². The number of halogens is 3. The van der Waals surface area contributed by atoms with Crippen LogP contribution in [0, 0.1) is 11.6 Å². The first-order valence-electron chi connectivity index (χ1n) is 4.98. The molecule has 0 radical (unpaired) electrons. The van der Waals surface area contributed by atoms with Gasteiger partial charge < -0.3 is 10.1 Å². The van der Waals surface area contributed by atoms with Crippen molar-refractivity contribution in [2.24, 2.45) is 0 Å². The third-order valence-electron chi connectivity index (χ3n) is 2.13. The van der Waals surface area contributed by atoms with Crippen molar-refractivity contribution in [2.75, 3.05) is 12.4 Å². The zero-order valence-electron chi connectivity index (χ0n) is 9.54. The second kappa shape index (κ2) is 5.50. The lowest BCUT2D eigenvalue weighted by Crippen LogP contribution is -1.98. The number of carbonyl (C=O) groups is 1. The van der Waals surface area contributed by atoms with E-state index in [4.69, 9.17) is 11.6 Å². The van der Waals surface area contributed by atoms with E-state index in [1.54, 1.807) is 0 Å². The number of rotatable bonds is 3. The van der Waals surface area contributed by atoms with Crippen LogP contribution in [0.1, 0.15) is 9.67 Å². The van der Waals surface area contributed by atoms with E-state index in [1.165, 1.54) is 13.2 Å². The van der Waals surface area contributed by atoms with E-state index in [2.05, 4.69) is 15.0 Å². The summed E-state index contributed by atoms with van der Waals surface area (Å²) in [6.07, 6.45) is 0. The van der Waals surface area contributed by atoms with E-state index >= 15 is 0 Å². The van der Waals surface area contributed by atoms with Gasteiger partial charge in [-0.2, -0.15) is 0 Å². The summed E-state index contributed by atoms with van der Waals surface area (Å²) in [5, 5.41) is 2.98. The largest absolute Gasteiger partial charge is 0.465 e. The molecule has 0 saturated heterocycles. The number of methoxy groups -OCH3 is 1. The second-order valence-electron chi connectivity index (χ2n) is 3.38. The Balaban J connectivity index is 2.24. The number of aromatic nitrogens is 1. The first-order valence-corrected chi connectivity index (χ1v) is 6.17. The Hall–Kier alpha value is -1.73. The van der Waals surface area contributed by atoms with Gasteiger partial charge in [0.05, 0.1) is 7.11 Å². The Morgan fingerprint density at radius 1 is 1.42 bits per heavy atom. The van der Waals surface area contributed by atoms with Crippen molar-refractivity contribution in [3.05, 3.63) is 39.9 Å². The molecule has 0 spiro atoms. The van der Waals surface area contributed by atoms with Crippen molar-refractivity contribution in [2.45, 2.75) is 0 Å². The van der Waals surface area contributed by atoms with Crippen LogP contribution in [0.3, 0.4) is 0 Å². The van der Waals surface area contributed by atoms with Crippen LogP contribution < -0.4 is 5.32 Å². The molecule has 1 aromatic heterocycles. The van der Waals surface area contributed by atoms with E-state index in [1.807, 2.05) is 0 Å². The summed E-state index contributed by atoms with van der Waals surface area (Å²) in [5.74, 6) is -2.54. The molecule has 0 aliphatic heterocycles. The molecule has 0 unspecified atom stereocenters. The first-order chi connectivity index (χ1) is 9.01. The van der Waals surface area contributed by atoms with Crippen LogP contribution in [0.2, 0.25) is 5.15 Å². The quantitative estimate of drug-likeness (QED) is 0.880. The summed E-state index contributed by atoms with van der Waals surface area (Å²) < 4.78 is 30.3. The Morgan fingerprint density at radius 2 is 2.16 bits per heavy atom. The van der Waals surface area contributed by atoms with Crippen LogP contribution in [-0.2, 0) is 4.74 Å². The lowest BCUT2D eigenvalue weighted by Gasteiger charge is -2.02. The highest BCUT2D eigenvalue weighted by atomic mass is 35.5. The fraction of sp³-hybridized carbons (Fsp3) is 0.0909. The molecule has 1 heterocycles. The highest BCUT2D eigenvalue weighted by Gasteiger charge is 2.17. The standard InChI is InChI=1S/C11H7ClF2N2O2S/c1-18-10(17)8-9(12)16-11(19-8)15-5-2-3-6(13)7(14)4-5/h2-4H,1H3,(H,15,16). The van der Waals surface area contributed by atoms with Gasteiger partial charge in [0.1, 0.15) is 0 Å². The number of hydrogen-bond donors (Lipinski definition) is 1. The summed E-state index contributed by atoms with van der Waals surface area (Å²) in [6.45, 7) is 0. The number of carbonyl (C=O) groups excluding carboxylic acids is 1. The molecular weight excluding hydrogens is 298 g/mol. The summed E-state index contributed by atoms with van der Waals surface area (Å²) in [6, 6.07) is 3.29. The molecule has 0 aliphatic carbocycles. The van der Waals surface area contributed by atoms with Gasteiger partial charge in [0.2, 0.25) is 0 Å². The number of nitrogens with one attached hydrogen (secondary N) is 1. The maximum absolute atomic E-state index is 13.0. The summed E-state index contributed by atoms with van der Waals surface area (Å²) >= 11 is 6.72. The highest BCUT2D eigenvalue weighted by molar-refractivity contribution is 7.18. The molecule has 0 aliphatic rings. The molecule has 8 heteroatoms. The first kappa shape index (κ1) is 13.7. The van der Waals surface area contributed by atoms with Gasteiger partial charge in [-0.15, -0.1) is 0 Å². The number of esters is 1. The lowest BCUT2D eigenvalue weighted by molar-refractivity contribution is 0.0606. The van der Waals surface area contributed by atoms with Crippen LogP contribution >= 0.6 is 22.9 Å². The number of benzene rings is 1. The monoisotopic (exact) mass is 304 g/mol. The van der Waals surface area contributed by atoms with Gasteiger partial charge in [0.15, 0.2) is 26.8 Å². The number of hydrogen-bond acceptors (Lipinski definition) is 5. The van der Waals surface area contributed by atoms with Crippen molar-refractivity contribution in [1.29, 1.82) is 0 Å². The topological polar surface area (TPSA) is 51.2 Å². The Morgan fingerprint density at radius 3 is 2.79 bits per heavy atom. The van der Waals surface area contributed by atoms with Crippen molar-refractivity contribution < 1.29 is 18.3 Å². The zero-order valence-corrected chi connectivity index (χ0v) is 11.1. The molecule has 2 aromatic rings. The third kappa shape index (κ3) is 2.99. The summed E-state index contributed by atoms with van der Waals surface area (Å²) in [7, 11) is 1.22. The molecule has 0 bridgehead atoms. The lowest BCUT2D eigenvalue weighted by atomic mass is 10.3. The predicted molar refractivity (Wildman–Crippen MR) is 68.1 cm³/mol. The maximum atomic E-state index is 13.0. The Kier molecular flexibility index (Phi) is 3.96. The van der Waals surface area contributed by atoms with Crippen molar-refractivity contribution in [1.82, 2.24) is 4.98 Å². The Bertz CT molecular complexity index is 633. The van der Waals surface area contributed by atoms with E-state index in [0.29, 0.717) is 5.69 Å². The molecule has 1 N–H and O–H groups in total. The van der Waals surface area contributed by atoms with Crippen LogP contribution in [0.25, 0.3) is 0 Å². The van der Waals surface area contributed by atoms with E-state index in [0.717, 1.165) is 23.5 Å². The molecule has 100 valence electrons. The van der Waals surface area contributed by atoms with Crippen molar-refractivity contribution in [3.63, 3.8) is 0 Å². The maximum Gasteiger partial charge on any atom is 0.351 e. The molecule has 19 heavy (non-hydrogen) atoms. The smallest absolute Gasteiger partial charge is 0.351 e. The van der Waals surface area contributed by atoms with Gasteiger partial charge in [-0.05, 0) is 12.1 Å². The minimum Gasteiger partial charge on any atom is -0.465 e. The van der Waals surface area contributed by atoms with E-state index < -0.39 is 17.6 Å². The molecule has 0 atom stereocenters. The molecule has 2 rings (SSSR count). The average Bonchev–Trinajstić information content (AvgIpc) is 2.74. The summed E-state index contributed by atoms with van der Waals surface area (Å²) in [4.78, 5) is 15.3. The van der Waals surface area contributed by atoms with Crippen LogP contribution in [0.5, 0.6) is 0 Å². The van der Waals surface area contributed by atoms with Crippen molar-refractivity contribution in [3.8, 4) is 0 Å². The van der Waals surface area contributed by atoms with Gasteiger partial charge in [0.25, 0.3) is 0 Å². The number of nitrogens with zero attached hydrogens (tertiary/aromatic N) is 1. The molecule has 1 aromatic carbocycles. The molecule has 4 nitrogen and oxygen atoms in total.